The van der Waals surface area contributed by atoms with Gasteiger partial charge in [-0.3, -0.25) is 4.90 Å². The van der Waals surface area contributed by atoms with E-state index in [9.17, 15) is 0 Å². The molecule has 0 saturated carbocycles. The first-order chi connectivity index (χ1) is 6.77. The van der Waals surface area contributed by atoms with Gasteiger partial charge in [0.05, 0.1) is 0 Å². The fraction of sp³-hybridized carbons (Fsp3) is 0.636. The summed E-state index contributed by atoms with van der Waals surface area (Å²) >= 11 is 1.93. The van der Waals surface area contributed by atoms with Gasteiger partial charge in [0.1, 0.15) is 0 Å². The van der Waals surface area contributed by atoms with Crippen LogP contribution in [-0.4, -0.2) is 31.1 Å². The molecule has 1 aromatic rings. The third-order valence-corrected chi connectivity index (χ3v) is 4.04. The van der Waals surface area contributed by atoms with Gasteiger partial charge in [-0.25, -0.2) is 0 Å². The normalized spacial score (nSPS) is 21.0. The van der Waals surface area contributed by atoms with Gasteiger partial charge >= 0.3 is 0 Å². The van der Waals surface area contributed by atoms with E-state index in [2.05, 4.69) is 36.2 Å². The lowest BCUT2D eigenvalue weighted by Gasteiger charge is -2.32. The van der Waals surface area contributed by atoms with Gasteiger partial charge < -0.3 is 5.32 Å². The van der Waals surface area contributed by atoms with Gasteiger partial charge in [-0.1, -0.05) is 0 Å². The molecule has 1 aliphatic heterocycles. The third-order valence-electron chi connectivity index (χ3n) is 2.87. The molecule has 1 aromatic heterocycles. The number of hydrogen-bond donors (Lipinski definition) is 1. The van der Waals surface area contributed by atoms with Crippen molar-refractivity contribution < 1.29 is 0 Å². The predicted octanol–water partition coefficient (Wildman–Crippen LogP) is 2.02. The van der Waals surface area contributed by atoms with Crippen molar-refractivity contribution in [2.45, 2.75) is 19.9 Å². The summed E-state index contributed by atoms with van der Waals surface area (Å²) in [6.07, 6.45) is 0. The van der Waals surface area contributed by atoms with E-state index in [0.717, 1.165) is 13.1 Å². The zero-order chi connectivity index (χ0) is 9.97. The van der Waals surface area contributed by atoms with Gasteiger partial charge in [0, 0.05) is 42.0 Å². The van der Waals surface area contributed by atoms with Crippen LogP contribution in [0, 0.1) is 6.92 Å². The standard InChI is InChI=1S/C11H18N2S/c1-9-3-4-11(14-9)10(2)13-7-5-12-6-8-13/h3-4,10,12H,5-8H2,1-2H3/t10-/m0/s1. The summed E-state index contributed by atoms with van der Waals surface area (Å²) < 4.78 is 0. The SMILES string of the molecule is Cc1ccc([C@H](C)N2CCNCC2)s1. The number of piperazine rings is 1. The summed E-state index contributed by atoms with van der Waals surface area (Å²) in [5.74, 6) is 0. The monoisotopic (exact) mass is 210 g/mol. The van der Waals surface area contributed by atoms with Crippen LogP contribution in [0.1, 0.15) is 22.7 Å². The van der Waals surface area contributed by atoms with E-state index in [4.69, 9.17) is 0 Å². The molecule has 1 aliphatic rings. The fourth-order valence-corrected chi connectivity index (χ4v) is 2.89. The molecule has 0 unspecified atom stereocenters. The van der Waals surface area contributed by atoms with Crippen LogP contribution in [0.2, 0.25) is 0 Å². The minimum atomic E-state index is 0.593. The molecular formula is C11H18N2S. The number of thiophene rings is 1. The molecule has 1 atom stereocenters. The lowest BCUT2D eigenvalue weighted by molar-refractivity contribution is 0.188. The molecule has 1 fully saturated rings. The zero-order valence-electron chi connectivity index (χ0n) is 8.92. The topological polar surface area (TPSA) is 15.3 Å². The average Bonchev–Trinajstić information content (AvgIpc) is 2.65. The number of nitrogens with zero attached hydrogens (tertiary/aromatic N) is 1. The molecule has 1 saturated heterocycles. The van der Waals surface area contributed by atoms with Gasteiger partial charge in [-0.05, 0) is 26.0 Å². The highest BCUT2D eigenvalue weighted by atomic mass is 32.1. The first kappa shape index (κ1) is 10.1. The Labute approximate surface area is 89.9 Å². The van der Waals surface area contributed by atoms with E-state index in [0.29, 0.717) is 6.04 Å². The van der Waals surface area contributed by atoms with E-state index < -0.39 is 0 Å². The molecule has 2 rings (SSSR count). The van der Waals surface area contributed by atoms with E-state index in [-0.39, 0.29) is 0 Å². The van der Waals surface area contributed by atoms with Crippen molar-refractivity contribution >= 4 is 11.3 Å². The second-order valence-corrected chi connectivity index (χ2v) is 5.23. The molecule has 2 nitrogen and oxygen atoms in total. The van der Waals surface area contributed by atoms with Crippen LogP contribution >= 0.6 is 11.3 Å². The van der Waals surface area contributed by atoms with Crippen LogP contribution in [0.15, 0.2) is 12.1 Å². The predicted molar refractivity (Wildman–Crippen MR) is 61.9 cm³/mol. The molecule has 0 spiro atoms. The van der Waals surface area contributed by atoms with Crippen molar-refractivity contribution in [3.05, 3.63) is 21.9 Å². The minimum Gasteiger partial charge on any atom is -0.314 e. The Kier molecular flexibility index (Phi) is 3.21. The summed E-state index contributed by atoms with van der Waals surface area (Å²) in [5, 5.41) is 3.39. The Morgan fingerprint density at radius 3 is 2.64 bits per heavy atom. The molecule has 3 heteroatoms. The highest BCUT2D eigenvalue weighted by Crippen LogP contribution is 2.27. The zero-order valence-corrected chi connectivity index (χ0v) is 9.73. The van der Waals surface area contributed by atoms with Gasteiger partial charge in [0.25, 0.3) is 0 Å². The molecule has 0 radical (unpaired) electrons. The largest absolute Gasteiger partial charge is 0.314 e. The first-order valence-electron chi connectivity index (χ1n) is 5.28. The van der Waals surface area contributed by atoms with Crippen LogP contribution in [0.25, 0.3) is 0 Å². The Balaban J connectivity index is 2.03. The minimum absolute atomic E-state index is 0.593. The van der Waals surface area contributed by atoms with Crippen LogP contribution in [-0.2, 0) is 0 Å². The summed E-state index contributed by atoms with van der Waals surface area (Å²) in [6, 6.07) is 5.08. The average molecular weight is 210 g/mol. The smallest absolute Gasteiger partial charge is 0.0414 e. The maximum absolute atomic E-state index is 3.39. The molecule has 0 aromatic carbocycles. The van der Waals surface area contributed by atoms with Crippen LogP contribution in [0.4, 0.5) is 0 Å². The summed E-state index contributed by atoms with van der Waals surface area (Å²) in [4.78, 5) is 5.48. The Morgan fingerprint density at radius 1 is 1.36 bits per heavy atom. The molecule has 0 bridgehead atoms. The van der Waals surface area contributed by atoms with Crippen molar-refractivity contribution in [2.24, 2.45) is 0 Å². The second-order valence-electron chi connectivity index (χ2n) is 3.91. The highest BCUT2D eigenvalue weighted by molar-refractivity contribution is 7.12. The van der Waals surface area contributed by atoms with E-state index in [1.54, 1.807) is 0 Å². The molecule has 2 heterocycles. The molecule has 1 N–H and O–H groups in total. The summed E-state index contributed by atoms with van der Waals surface area (Å²) in [5.41, 5.74) is 0. The molecular weight excluding hydrogens is 192 g/mol. The lowest BCUT2D eigenvalue weighted by atomic mass is 10.2. The number of nitrogens with one attached hydrogen (secondary N) is 1. The third kappa shape index (κ3) is 2.16. The van der Waals surface area contributed by atoms with E-state index >= 15 is 0 Å². The Bertz CT molecular complexity index is 289. The molecule has 14 heavy (non-hydrogen) atoms. The van der Waals surface area contributed by atoms with Crippen molar-refractivity contribution in [3.8, 4) is 0 Å². The quantitative estimate of drug-likeness (QED) is 0.803. The van der Waals surface area contributed by atoms with Crippen molar-refractivity contribution in [1.29, 1.82) is 0 Å². The molecule has 0 aliphatic carbocycles. The van der Waals surface area contributed by atoms with Crippen LogP contribution < -0.4 is 5.32 Å². The van der Waals surface area contributed by atoms with Crippen molar-refractivity contribution in [1.82, 2.24) is 10.2 Å². The number of aryl methyl sites for hydroxylation is 1. The van der Waals surface area contributed by atoms with Crippen molar-refractivity contribution in [3.63, 3.8) is 0 Å². The fourth-order valence-electron chi connectivity index (χ4n) is 1.93. The lowest BCUT2D eigenvalue weighted by Crippen LogP contribution is -2.44. The number of hydrogen-bond acceptors (Lipinski definition) is 3. The van der Waals surface area contributed by atoms with Gasteiger partial charge in [-0.2, -0.15) is 0 Å². The van der Waals surface area contributed by atoms with Crippen molar-refractivity contribution in [2.75, 3.05) is 26.2 Å². The van der Waals surface area contributed by atoms with Crippen LogP contribution in [0.5, 0.6) is 0 Å². The van der Waals surface area contributed by atoms with Gasteiger partial charge in [0.2, 0.25) is 0 Å². The molecule has 78 valence electrons. The second kappa shape index (κ2) is 4.43. The van der Waals surface area contributed by atoms with E-state index in [1.165, 1.54) is 22.8 Å². The first-order valence-corrected chi connectivity index (χ1v) is 6.10. The summed E-state index contributed by atoms with van der Waals surface area (Å²) in [7, 11) is 0. The van der Waals surface area contributed by atoms with Gasteiger partial charge in [0.15, 0.2) is 0 Å². The van der Waals surface area contributed by atoms with E-state index in [1.807, 2.05) is 11.3 Å². The number of rotatable bonds is 2. The Hall–Kier alpha value is -0.380. The highest BCUT2D eigenvalue weighted by Gasteiger charge is 2.18. The maximum Gasteiger partial charge on any atom is 0.0414 e. The summed E-state index contributed by atoms with van der Waals surface area (Å²) in [6.45, 7) is 9.12. The van der Waals surface area contributed by atoms with Gasteiger partial charge in [-0.15, -0.1) is 11.3 Å². The Morgan fingerprint density at radius 2 is 2.07 bits per heavy atom. The molecule has 0 amide bonds. The van der Waals surface area contributed by atoms with Crippen LogP contribution in [0.3, 0.4) is 0 Å². The maximum atomic E-state index is 3.39.